The van der Waals surface area contributed by atoms with Gasteiger partial charge in [-0.3, -0.25) is 0 Å². The quantitative estimate of drug-likeness (QED) is 0.765. The molecular formula is C16H21F3N2O3. The number of alkyl halides is 3. The molecule has 1 saturated heterocycles. The second kappa shape index (κ2) is 7.40. The molecule has 134 valence electrons. The van der Waals surface area contributed by atoms with Crippen LogP contribution in [0.25, 0.3) is 0 Å². The largest absolute Gasteiger partial charge is 0.416 e. The fourth-order valence-electron chi connectivity index (χ4n) is 2.61. The zero-order chi connectivity index (χ0) is 17.8. The molecular weight excluding hydrogens is 325 g/mol. The molecule has 0 aromatic heterocycles. The third-order valence-corrected chi connectivity index (χ3v) is 3.89. The van der Waals surface area contributed by atoms with Gasteiger partial charge in [-0.1, -0.05) is 18.2 Å². The number of hydrogen-bond donors (Lipinski definition) is 3. The Morgan fingerprint density at radius 2 is 2.12 bits per heavy atom. The highest BCUT2D eigenvalue weighted by molar-refractivity contribution is 5.74. The number of carbonyl (C=O) groups is 1. The summed E-state index contributed by atoms with van der Waals surface area (Å²) in [5.74, 6) is 0. The number of carbonyl (C=O) groups excluding carboxylic acids is 1. The molecule has 0 spiro atoms. The van der Waals surface area contributed by atoms with Gasteiger partial charge in [0, 0.05) is 19.1 Å². The minimum Gasteiger partial charge on any atom is -0.386 e. The number of aliphatic hydroxyl groups is 1. The van der Waals surface area contributed by atoms with Crippen molar-refractivity contribution in [3.8, 4) is 0 Å². The van der Waals surface area contributed by atoms with Gasteiger partial charge >= 0.3 is 12.2 Å². The Bertz CT molecular complexity index is 572. The van der Waals surface area contributed by atoms with E-state index in [0.29, 0.717) is 13.0 Å². The maximum Gasteiger partial charge on any atom is 0.416 e. The molecule has 5 nitrogen and oxygen atoms in total. The Kier molecular flexibility index (Phi) is 5.71. The second-order valence-corrected chi connectivity index (χ2v) is 6.11. The SMILES string of the molecule is C[C@H](Cc1ccccc1C(F)(F)F)NC(=O)NC[C@@]1(O)CCOC1. The van der Waals surface area contributed by atoms with Crippen molar-refractivity contribution in [3.63, 3.8) is 0 Å². The Morgan fingerprint density at radius 1 is 1.42 bits per heavy atom. The minimum atomic E-state index is -4.43. The number of halogens is 3. The summed E-state index contributed by atoms with van der Waals surface area (Å²) in [6.45, 7) is 2.25. The first-order chi connectivity index (χ1) is 11.2. The Hall–Kier alpha value is -1.80. The molecule has 3 N–H and O–H groups in total. The summed E-state index contributed by atoms with van der Waals surface area (Å²) in [5.41, 5.74) is -1.65. The van der Waals surface area contributed by atoms with Crippen molar-refractivity contribution in [2.75, 3.05) is 19.8 Å². The molecule has 0 radical (unpaired) electrons. The molecule has 1 aliphatic heterocycles. The normalized spacial score (nSPS) is 22.2. The van der Waals surface area contributed by atoms with E-state index >= 15 is 0 Å². The van der Waals surface area contributed by atoms with E-state index in [1.165, 1.54) is 18.2 Å². The van der Waals surface area contributed by atoms with Gasteiger partial charge in [0.2, 0.25) is 0 Å². The van der Waals surface area contributed by atoms with E-state index in [1.54, 1.807) is 6.92 Å². The van der Waals surface area contributed by atoms with Crippen LogP contribution in [0.2, 0.25) is 0 Å². The molecule has 1 heterocycles. The van der Waals surface area contributed by atoms with Crippen molar-refractivity contribution in [2.45, 2.75) is 37.6 Å². The van der Waals surface area contributed by atoms with Crippen LogP contribution < -0.4 is 10.6 Å². The maximum atomic E-state index is 13.0. The molecule has 0 bridgehead atoms. The van der Waals surface area contributed by atoms with Crippen LogP contribution in [0.4, 0.5) is 18.0 Å². The smallest absolute Gasteiger partial charge is 0.386 e. The zero-order valence-corrected chi connectivity index (χ0v) is 13.3. The zero-order valence-electron chi connectivity index (χ0n) is 13.3. The van der Waals surface area contributed by atoms with E-state index in [0.717, 1.165) is 6.07 Å². The van der Waals surface area contributed by atoms with E-state index in [9.17, 15) is 23.1 Å². The van der Waals surface area contributed by atoms with Crippen molar-refractivity contribution < 1.29 is 27.8 Å². The standard InChI is InChI=1S/C16H21F3N2O3/c1-11(8-12-4-2-3-5-13(12)16(17,18)19)21-14(22)20-9-15(23)6-7-24-10-15/h2-5,11,23H,6-10H2,1H3,(H2,20,21,22)/t11-,15+/m1/s1. The lowest BCUT2D eigenvalue weighted by atomic mass is 10.0. The van der Waals surface area contributed by atoms with Crippen LogP contribution in [0.5, 0.6) is 0 Å². The highest BCUT2D eigenvalue weighted by Crippen LogP contribution is 2.32. The van der Waals surface area contributed by atoms with Crippen molar-refractivity contribution >= 4 is 6.03 Å². The van der Waals surface area contributed by atoms with E-state index in [2.05, 4.69) is 10.6 Å². The molecule has 0 aliphatic carbocycles. The van der Waals surface area contributed by atoms with Gasteiger partial charge in [0.05, 0.1) is 18.7 Å². The van der Waals surface area contributed by atoms with E-state index in [1.807, 2.05) is 0 Å². The highest BCUT2D eigenvalue weighted by atomic mass is 19.4. The van der Waals surface area contributed by atoms with Crippen LogP contribution >= 0.6 is 0 Å². The fourth-order valence-corrected chi connectivity index (χ4v) is 2.61. The Labute approximate surface area is 138 Å². The van der Waals surface area contributed by atoms with Gasteiger partial charge in [0.1, 0.15) is 5.60 Å². The first kappa shape index (κ1) is 18.5. The third-order valence-electron chi connectivity index (χ3n) is 3.89. The molecule has 2 amide bonds. The van der Waals surface area contributed by atoms with Gasteiger partial charge in [0.15, 0.2) is 0 Å². The van der Waals surface area contributed by atoms with Crippen LogP contribution in [-0.2, 0) is 17.3 Å². The van der Waals surface area contributed by atoms with Gasteiger partial charge in [0.25, 0.3) is 0 Å². The van der Waals surface area contributed by atoms with Gasteiger partial charge in [-0.25, -0.2) is 4.79 Å². The fraction of sp³-hybridized carbons (Fsp3) is 0.562. The van der Waals surface area contributed by atoms with Crippen molar-refractivity contribution in [2.24, 2.45) is 0 Å². The molecule has 0 saturated carbocycles. The van der Waals surface area contributed by atoms with Gasteiger partial charge in [-0.2, -0.15) is 13.2 Å². The summed E-state index contributed by atoms with van der Waals surface area (Å²) in [6.07, 6.45) is -3.94. The molecule has 2 rings (SSSR count). The molecule has 1 aromatic carbocycles. The number of benzene rings is 1. The summed E-state index contributed by atoms with van der Waals surface area (Å²) < 4.78 is 43.9. The molecule has 1 aliphatic rings. The lowest BCUT2D eigenvalue weighted by molar-refractivity contribution is -0.138. The number of nitrogens with one attached hydrogen (secondary N) is 2. The first-order valence-corrected chi connectivity index (χ1v) is 7.69. The van der Waals surface area contributed by atoms with Crippen LogP contribution in [0.15, 0.2) is 24.3 Å². The third kappa shape index (κ3) is 5.10. The molecule has 1 fully saturated rings. The van der Waals surface area contributed by atoms with Crippen LogP contribution in [0.1, 0.15) is 24.5 Å². The van der Waals surface area contributed by atoms with Crippen molar-refractivity contribution in [1.29, 1.82) is 0 Å². The lowest BCUT2D eigenvalue weighted by Crippen LogP contribution is -2.49. The molecule has 1 aromatic rings. The summed E-state index contributed by atoms with van der Waals surface area (Å²) in [7, 11) is 0. The number of urea groups is 1. The first-order valence-electron chi connectivity index (χ1n) is 7.69. The number of amides is 2. The predicted octanol–water partition coefficient (Wildman–Crippen LogP) is 2.09. The van der Waals surface area contributed by atoms with E-state index in [4.69, 9.17) is 4.74 Å². The Balaban J connectivity index is 1.87. The number of ether oxygens (including phenoxy) is 1. The van der Waals surface area contributed by atoms with Crippen LogP contribution in [0, 0.1) is 0 Å². The monoisotopic (exact) mass is 346 g/mol. The predicted molar refractivity (Wildman–Crippen MR) is 81.5 cm³/mol. The van der Waals surface area contributed by atoms with Crippen LogP contribution in [-0.4, -0.2) is 42.5 Å². The van der Waals surface area contributed by atoms with Gasteiger partial charge in [-0.15, -0.1) is 0 Å². The number of hydrogen-bond acceptors (Lipinski definition) is 3. The number of rotatable bonds is 5. The van der Waals surface area contributed by atoms with E-state index in [-0.39, 0.29) is 25.1 Å². The summed E-state index contributed by atoms with van der Waals surface area (Å²) in [5, 5.41) is 15.1. The molecule has 0 unspecified atom stereocenters. The van der Waals surface area contributed by atoms with Gasteiger partial charge < -0.3 is 20.5 Å². The van der Waals surface area contributed by atoms with Crippen LogP contribution in [0.3, 0.4) is 0 Å². The van der Waals surface area contributed by atoms with Gasteiger partial charge in [-0.05, 0) is 25.0 Å². The summed E-state index contributed by atoms with van der Waals surface area (Å²) in [6, 6.07) is 4.26. The van der Waals surface area contributed by atoms with Crippen molar-refractivity contribution in [3.05, 3.63) is 35.4 Å². The average Bonchev–Trinajstić information content (AvgIpc) is 2.92. The minimum absolute atomic E-state index is 0.0324. The molecule has 8 heteroatoms. The lowest BCUT2D eigenvalue weighted by Gasteiger charge is -2.22. The molecule has 24 heavy (non-hydrogen) atoms. The molecule has 2 atom stereocenters. The summed E-state index contributed by atoms with van der Waals surface area (Å²) in [4.78, 5) is 11.8. The highest BCUT2D eigenvalue weighted by Gasteiger charge is 2.34. The Morgan fingerprint density at radius 3 is 2.75 bits per heavy atom. The topological polar surface area (TPSA) is 70.6 Å². The second-order valence-electron chi connectivity index (χ2n) is 6.11. The van der Waals surface area contributed by atoms with Crippen molar-refractivity contribution in [1.82, 2.24) is 10.6 Å². The summed E-state index contributed by atoms with van der Waals surface area (Å²) >= 11 is 0. The van der Waals surface area contributed by atoms with E-state index < -0.39 is 29.4 Å². The average molecular weight is 346 g/mol. The maximum absolute atomic E-state index is 13.0.